The van der Waals surface area contributed by atoms with Crippen molar-refractivity contribution in [2.75, 3.05) is 17.2 Å². The minimum Gasteiger partial charge on any atom is -0.467 e. The van der Waals surface area contributed by atoms with Crippen LogP contribution in [0.3, 0.4) is 0 Å². The Kier molecular flexibility index (Phi) is 7.95. The molecule has 0 radical (unpaired) electrons. The zero-order valence-electron chi connectivity index (χ0n) is 20.8. The van der Waals surface area contributed by atoms with Gasteiger partial charge in [-0.1, -0.05) is 61.2 Å². The molecule has 0 saturated heterocycles. The molecular weight excluding hydrogens is 464 g/mol. The number of hydrogen-bond donors (Lipinski definition) is 2. The number of rotatable bonds is 9. The topological polar surface area (TPSA) is 85.2 Å². The number of allylic oxidation sites excluding steroid dienone is 5. The van der Waals surface area contributed by atoms with Gasteiger partial charge in [-0.3, -0.25) is 14.2 Å². The third-order valence-corrected chi connectivity index (χ3v) is 5.41. The first-order chi connectivity index (χ1) is 18.0. The molecule has 0 aliphatic rings. The minimum absolute atomic E-state index is 0.0912. The number of ether oxygens (including phenoxy) is 1. The highest BCUT2D eigenvalue weighted by Crippen LogP contribution is 2.29. The first kappa shape index (κ1) is 25.2. The quantitative estimate of drug-likeness (QED) is 0.277. The monoisotopic (exact) mass is 492 g/mol. The molecular formula is C30H28N4O3. The third-order valence-electron chi connectivity index (χ3n) is 5.41. The number of pyridine rings is 2. The summed E-state index contributed by atoms with van der Waals surface area (Å²) in [6, 6.07) is 21.9. The zero-order valence-corrected chi connectivity index (χ0v) is 20.8. The molecule has 1 amide bonds. The van der Waals surface area contributed by atoms with Gasteiger partial charge in [0, 0.05) is 28.8 Å². The number of hydrogen-bond acceptors (Lipinski definition) is 5. The highest BCUT2D eigenvalue weighted by molar-refractivity contribution is 5.93. The van der Waals surface area contributed by atoms with Crippen molar-refractivity contribution in [1.29, 1.82) is 0 Å². The molecule has 186 valence electrons. The van der Waals surface area contributed by atoms with Crippen molar-refractivity contribution in [3.63, 3.8) is 0 Å². The minimum atomic E-state index is -0.357. The summed E-state index contributed by atoms with van der Waals surface area (Å²) >= 11 is 0. The molecule has 0 fully saturated rings. The second-order valence-corrected chi connectivity index (χ2v) is 8.26. The van der Waals surface area contributed by atoms with Crippen LogP contribution in [0.4, 0.5) is 17.2 Å². The molecule has 0 aliphatic heterocycles. The molecule has 0 aliphatic carbocycles. The SMILES string of the molecule is C=C(/C=C\C=C/C)n1c(Nc2ccccc2)cc(=O)c2c(OCC(=O)Nc3ccccc3)nc(C)cc21. The van der Waals surface area contributed by atoms with Crippen molar-refractivity contribution in [1.82, 2.24) is 9.55 Å². The number of nitrogens with one attached hydrogen (secondary N) is 2. The van der Waals surface area contributed by atoms with Crippen molar-refractivity contribution < 1.29 is 9.53 Å². The maximum Gasteiger partial charge on any atom is 0.262 e. The summed E-state index contributed by atoms with van der Waals surface area (Å²) in [7, 11) is 0. The highest BCUT2D eigenvalue weighted by atomic mass is 16.5. The Morgan fingerprint density at radius 1 is 1.03 bits per heavy atom. The fraction of sp³-hybridized carbons (Fsp3) is 0.100. The van der Waals surface area contributed by atoms with Crippen LogP contribution in [0.1, 0.15) is 12.6 Å². The third kappa shape index (κ3) is 6.21. The van der Waals surface area contributed by atoms with E-state index in [1.807, 2.05) is 84.3 Å². The Bertz CT molecular complexity index is 1540. The van der Waals surface area contributed by atoms with Crippen LogP contribution in [0, 0.1) is 6.92 Å². The van der Waals surface area contributed by atoms with Gasteiger partial charge in [-0.05, 0) is 50.3 Å². The van der Waals surface area contributed by atoms with E-state index in [0.29, 0.717) is 28.4 Å². The summed E-state index contributed by atoms with van der Waals surface area (Å²) < 4.78 is 7.63. The summed E-state index contributed by atoms with van der Waals surface area (Å²) in [5.74, 6) is 0.273. The molecule has 2 aromatic heterocycles. The molecule has 0 bridgehead atoms. The number of fused-ring (bicyclic) bond motifs is 1. The largest absolute Gasteiger partial charge is 0.467 e. The smallest absolute Gasteiger partial charge is 0.262 e. The normalized spacial score (nSPS) is 11.2. The van der Waals surface area contributed by atoms with Crippen LogP contribution in [-0.4, -0.2) is 22.1 Å². The van der Waals surface area contributed by atoms with Crippen molar-refractivity contribution in [2.24, 2.45) is 0 Å². The standard InChI is InChI=1S/C30H28N4O3/c1-4-5-8-13-22(3)34-25-18-21(2)31-30(37-20-28(36)33-24-16-11-7-12-17-24)29(25)26(35)19-27(34)32-23-14-9-6-10-15-23/h4-19,32H,3,20H2,1-2H3,(H,33,36)/b5-4-,13-8-. The van der Waals surface area contributed by atoms with Gasteiger partial charge in [-0.15, -0.1) is 0 Å². The van der Waals surface area contributed by atoms with Crippen LogP contribution < -0.4 is 20.8 Å². The molecule has 7 nitrogen and oxygen atoms in total. The van der Waals surface area contributed by atoms with Gasteiger partial charge in [-0.2, -0.15) is 0 Å². The molecule has 2 N–H and O–H groups in total. The Hall–Kier alpha value is -4.91. The number of amides is 1. The number of benzene rings is 2. The molecule has 4 rings (SSSR count). The number of aromatic nitrogens is 2. The van der Waals surface area contributed by atoms with Gasteiger partial charge in [0.1, 0.15) is 11.2 Å². The van der Waals surface area contributed by atoms with Gasteiger partial charge in [0.25, 0.3) is 5.91 Å². The number of carbonyl (C=O) groups is 1. The van der Waals surface area contributed by atoms with Crippen LogP contribution in [0.25, 0.3) is 16.6 Å². The lowest BCUT2D eigenvalue weighted by atomic mass is 10.2. The van der Waals surface area contributed by atoms with Crippen molar-refractivity contribution in [2.45, 2.75) is 13.8 Å². The predicted octanol–water partition coefficient (Wildman–Crippen LogP) is 6.07. The van der Waals surface area contributed by atoms with E-state index in [4.69, 9.17) is 4.74 Å². The van der Waals surface area contributed by atoms with Gasteiger partial charge in [0.05, 0.1) is 5.52 Å². The van der Waals surface area contributed by atoms with Crippen LogP contribution >= 0.6 is 0 Å². The van der Waals surface area contributed by atoms with Gasteiger partial charge in [0.15, 0.2) is 12.0 Å². The molecule has 37 heavy (non-hydrogen) atoms. The number of nitrogens with zero attached hydrogens (tertiary/aromatic N) is 2. The first-order valence-corrected chi connectivity index (χ1v) is 11.8. The lowest BCUT2D eigenvalue weighted by Gasteiger charge is -2.20. The van der Waals surface area contributed by atoms with E-state index >= 15 is 0 Å². The molecule has 7 heteroatoms. The Balaban J connectivity index is 1.77. The molecule has 0 unspecified atom stereocenters. The number of carbonyl (C=O) groups excluding carboxylic acids is 1. The van der Waals surface area contributed by atoms with Gasteiger partial charge >= 0.3 is 0 Å². The molecule has 0 spiro atoms. The Labute approximate surface area is 215 Å². The first-order valence-electron chi connectivity index (χ1n) is 11.8. The maximum atomic E-state index is 13.4. The lowest BCUT2D eigenvalue weighted by molar-refractivity contribution is -0.118. The van der Waals surface area contributed by atoms with Gasteiger partial charge in [0.2, 0.25) is 5.88 Å². The molecule has 4 aromatic rings. The van der Waals surface area contributed by atoms with E-state index in [-0.39, 0.29) is 29.2 Å². The summed E-state index contributed by atoms with van der Waals surface area (Å²) in [5, 5.41) is 6.35. The predicted molar refractivity (Wildman–Crippen MR) is 150 cm³/mol. The van der Waals surface area contributed by atoms with E-state index in [0.717, 1.165) is 5.69 Å². The molecule has 0 atom stereocenters. The number of para-hydroxylation sites is 2. The fourth-order valence-corrected chi connectivity index (χ4v) is 3.81. The van der Waals surface area contributed by atoms with Crippen molar-refractivity contribution in [3.8, 4) is 5.88 Å². The van der Waals surface area contributed by atoms with Crippen molar-refractivity contribution in [3.05, 3.63) is 120 Å². The molecule has 2 aromatic carbocycles. The second-order valence-electron chi connectivity index (χ2n) is 8.26. The molecule has 0 saturated carbocycles. The number of aryl methyl sites for hydroxylation is 1. The lowest BCUT2D eigenvalue weighted by Crippen LogP contribution is -2.21. The highest BCUT2D eigenvalue weighted by Gasteiger charge is 2.18. The van der Waals surface area contributed by atoms with Crippen molar-refractivity contribution >= 4 is 39.7 Å². The van der Waals surface area contributed by atoms with E-state index in [1.165, 1.54) is 6.07 Å². The van der Waals surface area contributed by atoms with Gasteiger partial charge < -0.3 is 15.4 Å². The van der Waals surface area contributed by atoms with Crippen LogP contribution in [-0.2, 0) is 4.79 Å². The van der Waals surface area contributed by atoms with E-state index in [1.54, 1.807) is 25.1 Å². The molecule has 2 heterocycles. The summed E-state index contributed by atoms with van der Waals surface area (Å²) in [5.41, 5.74) is 3.00. The maximum absolute atomic E-state index is 13.4. The van der Waals surface area contributed by atoms with Crippen LogP contribution in [0.2, 0.25) is 0 Å². The van der Waals surface area contributed by atoms with Crippen LogP contribution in [0.5, 0.6) is 5.88 Å². The summed E-state index contributed by atoms with van der Waals surface area (Å²) in [4.78, 5) is 30.3. The Morgan fingerprint density at radius 3 is 2.38 bits per heavy atom. The average Bonchev–Trinajstić information content (AvgIpc) is 2.88. The number of anilines is 3. The summed E-state index contributed by atoms with van der Waals surface area (Å²) in [6.45, 7) is 7.67. The van der Waals surface area contributed by atoms with Crippen LogP contribution in [0.15, 0.2) is 108 Å². The fourth-order valence-electron chi connectivity index (χ4n) is 3.81. The zero-order chi connectivity index (χ0) is 26.2. The van der Waals surface area contributed by atoms with E-state index in [2.05, 4.69) is 22.2 Å². The second kappa shape index (κ2) is 11.7. The summed E-state index contributed by atoms with van der Waals surface area (Å²) in [6.07, 6.45) is 7.53. The van der Waals surface area contributed by atoms with E-state index < -0.39 is 0 Å². The Morgan fingerprint density at radius 2 is 1.70 bits per heavy atom. The van der Waals surface area contributed by atoms with Gasteiger partial charge in [-0.25, -0.2) is 4.98 Å². The van der Waals surface area contributed by atoms with E-state index in [9.17, 15) is 9.59 Å². The average molecular weight is 493 g/mol.